The first kappa shape index (κ1) is 21.1. The third-order valence-electron chi connectivity index (χ3n) is 4.24. The van der Waals surface area contributed by atoms with Gasteiger partial charge in [0.2, 0.25) is 5.91 Å². The van der Waals surface area contributed by atoms with Crippen molar-refractivity contribution in [2.75, 3.05) is 37.8 Å². The number of anilines is 1. The van der Waals surface area contributed by atoms with Crippen LogP contribution < -0.4 is 4.90 Å². The minimum atomic E-state index is 0.0782. The fourth-order valence-electron chi connectivity index (χ4n) is 2.73. The maximum Gasteiger partial charge on any atom is 0.239 e. The van der Waals surface area contributed by atoms with Crippen LogP contribution in [0.2, 0.25) is 5.02 Å². The highest BCUT2D eigenvalue weighted by Crippen LogP contribution is 2.31. The Labute approximate surface area is 179 Å². The van der Waals surface area contributed by atoms with Gasteiger partial charge in [-0.2, -0.15) is 0 Å². The Hall–Kier alpha value is -1.60. The number of aryl methyl sites for hydroxylation is 1. The molecule has 2 aromatic carbocycles. The second kappa shape index (κ2) is 9.74. The average molecular weight is 434 g/mol. The van der Waals surface area contributed by atoms with Gasteiger partial charge < -0.3 is 4.90 Å². The predicted molar refractivity (Wildman–Crippen MR) is 122 cm³/mol. The van der Waals surface area contributed by atoms with E-state index in [0.717, 1.165) is 33.2 Å². The van der Waals surface area contributed by atoms with Crippen molar-refractivity contribution >= 4 is 56.0 Å². The zero-order chi connectivity index (χ0) is 20.1. The molecular weight excluding hydrogens is 410 g/mol. The van der Waals surface area contributed by atoms with E-state index >= 15 is 0 Å². The Morgan fingerprint density at radius 2 is 1.89 bits per heavy atom. The Morgan fingerprint density at radius 3 is 2.61 bits per heavy atom. The van der Waals surface area contributed by atoms with E-state index in [-0.39, 0.29) is 5.91 Å². The number of thiazole rings is 1. The molecule has 28 heavy (non-hydrogen) atoms. The van der Waals surface area contributed by atoms with E-state index in [4.69, 9.17) is 11.6 Å². The molecule has 1 heterocycles. The smallest absolute Gasteiger partial charge is 0.239 e. The van der Waals surface area contributed by atoms with Crippen molar-refractivity contribution in [2.24, 2.45) is 0 Å². The maximum atomic E-state index is 13.0. The van der Waals surface area contributed by atoms with Gasteiger partial charge in [0.05, 0.1) is 16.0 Å². The number of halogens is 1. The van der Waals surface area contributed by atoms with E-state index in [1.54, 1.807) is 11.8 Å². The first-order valence-electron chi connectivity index (χ1n) is 9.13. The van der Waals surface area contributed by atoms with Crippen molar-refractivity contribution in [2.45, 2.75) is 18.2 Å². The van der Waals surface area contributed by atoms with Crippen molar-refractivity contribution in [1.29, 1.82) is 0 Å². The molecule has 0 saturated carbocycles. The lowest BCUT2D eigenvalue weighted by Gasteiger charge is -2.21. The van der Waals surface area contributed by atoms with Crippen LogP contribution in [0.5, 0.6) is 0 Å². The minimum Gasteiger partial charge on any atom is -0.309 e. The molecule has 0 atom stereocenters. The lowest BCUT2D eigenvalue weighted by molar-refractivity contribution is -0.116. The van der Waals surface area contributed by atoms with E-state index in [1.165, 1.54) is 16.9 Å². The number of hydrogen-bond donors (Lipinski definition) is 0. The normalized spacial score (nSPS) is 11.3. The summed E-state index contributed by atoms with van der Waals surface area (Å²) in [5.41, 5.74) is 2.09. The highest BCUT2D eigenvalue weighted by atomic mass is 35.5. The summed E-state index contributed by atoms with van der Waals surface area (Å²) in [6, 6.07) is 13.9. The number of fused-ring (bicyclic) bond motifs is 1. The Kier molecular flexibility index (Phi) is 7.35. The summed E-state index contributed by atoms with van der Waals surface area (Å²) in [5.74, 6) is 0.469. The summed E-state index contributed by atoms with van der Waals surface area (Å²) in [6.07, 6.45) is 0.893. The van der Waals surface area contributed by atoms with Gasteiger partial charge in [-0.3, -0.25) is 9.69 Å². The van der Waals surface area contributed by atoms with Crippen LogP contribution in [0, 0.1) is 6.92 Å². The number of carbonyl (C=O) groups excluding carboxylic acids is 1. The highest BCUT2D eigenvalue weighted by molar-refractivity contribution is 8.00. The number of nitrogens with zero attached hydrogens (tertiary/aromatic N) is 3. The number of amides is 1. The Balaban J connectivity index is 1.76. The fourth-order valence-corrected chi connectivity index (χ4v) is 4.79. The molecule has 0 unspecified atom stereocenters. The molecule has 0 spiro atoms. The molecule has 4 nitrogen and oxygen atoms in total. The maximum absolute atomic E-state index is 13.0. The van der Waals surface area contributed by atoms with E-state index < -0.39 is 0 Å². The minimum absolute atomic E-state index is 0.0782. The SMILES string of the molecule is Cc1ccc(SCC(=O)N(CCCN(C)C)c2nc3ccc(Cl)cc3s2)cc1. The van der Waals surface area contributed by atoms with Crippen LogP contribution in [0.15, 0.2) is 47.4 Å². The van der Waals surface area contributed by atoms with Gasteiger partial charge in [0.25, 0.3) is 0 Å². The van der Waals surface area contributed by atoms with Crippen molar-refractivity contribution in [1.82, 2.24) is 9.88 Å². The van der Waals surface area contributed by atoms with Crippen LogP contribution >= 0.6 is 34.7 Å². The Bertz CT molecular complexity index is 940. The average Bonchev–Trinajstić information content (AvgIpc) is 3.07. The number of rotatable bonds is 8. The van der Waals surface area contributed by atoms with E-state index in [1.807, 2.05) is 37.2 Å². The molecule has 3 aromatic rings. The zero-order valence-electron chi connectivity index (χ0n) is 16.3. The molecule has 0 aliphatic rings. The molecule has 0 aliphatic heterocycles. The van der Waals surface area contributed by atoms with Crippen molar-refractivity contribution < 1.29 is 4.79 Å². The molecule has 1 amide bonds. The van der Waals surface area contributed by atoms with Gasteiger partial charge in [-0.05, 0) is 64.3 Å². The standard InChI is InChI=1S/C21H24ClN3OS2/c1-15-5-8-17(9-6-15)27-14-20(26)25(12-4-11-24(2)3)21-23-18-10-7-16(22)13-19(18)28-21/h5-10,13H,4,11-12,14H2,1-3H3. The van der Waals surface area contributed by atoms with Gasteiger partial charge >= 0.3 is 0 Å². The van der Waals surface area contributed by atoms with Crippen LogP contribution in [-0.2, 0) is 4.79 Å². The van der Waals surface area contributed by atoms with Gasteiger partial charge in [-0.1, -0.05) is 40.6 Å². The van der Waals surface area contributed by atoms with Gasteiger partial charge in [-0.15, -0.1) is 11.8 Å². The highest BCUT2D eigenvalue weighted by Gasteiger charge is 2.20. The second-order valence-electron chi connectivity index (χ2n) is 6.91. The summed E-state index contributed by atoms with van der Waals surface area (Å²) < 4.78 is 0.999. The summed E-state index contributed by atoms with van der Waals surface area (Å²) in [4.78, 5) is 22.8. The Morgan fingerprint density at radius 1 is 1.14 bits per heavy atom. The number of carbonyl (C=O) groups is 1. The first-order valence-corrected chi connectivity index (χ1v) is 11.3. The summed E-state index contributed by atoms with van der Waals surface area (Å²) in [5, 5.41) is 1.42. The van der Waals surface area contributed by atoms with Gasteiger partial charge in [0.1, 0.15) is 0 Å². The monoisotopic (exact) mass is 433 g/mol. The first-order chi connectivity index (χ1) is 13.4. The van der Waals surface area contributed by atoms with Crippen molar-refractivity contribution in [3.63, 3.8) is 0 Å². The molecule has 7 heteroatoms. The quantitative estimate of drug-likeness (QED) is 0.449. The van der Waals surface area contributed by atoms with Crippen molar-refractivity contribution in [3.05, 3.63) is 53.1 Å². The number of aromatic nitrogens is 1. The van der Waals surface area contributed by atoms with Crippen LogP contribution in [0.4, 0.5) is 5.13 Å². The molecule has 0 N–H and O–H groups in total. The van der Waals surface area contributed by atoms with Gasteiger partial charge in [-0.25, -0.2) is 4.98 Å². The molecule has 0 saturated heterocycles. The van der Waals surface area contributed by atoms with Crippen molar-refractivity contribution in [3.8, 4) is 0 Å². The number of thioether (sulfide) groups is 1. The van der Waals surface area contributed by atoms with Crippen LogP contribution in [0.25, 0.3) is 10.2 Å². The summed E-state index contributed by atoms with van der Waals surface area (Å²) in [7, 11) is 4.08. The number of hydrogen-bond acceptors (Lipinski definition) is 5. The molecular formula is C21H24ClN3OS2. The van der Waals surface area contributed by atoms with Gasteiger partial charge in [0.15, 0.2) is 5.13 Å². The molecule has 1 aromatic heterocycles. The van der Waals surface area contributed by atoms with E-state index in [9.17, 15) is 4.79 Å². The zero-order valence-corrected chi connectivity index (χ0v) is 18.7. The van der Waals surface area contributed by atoms with E-state index in [2.05, 4.69) is 41.1 Å². The van der Waals surface area contributed by atoms with Crippen LogP contribution in [0.3, 0.4) is 0 Å². The predicted octanol–water partition coefficient (Wildman–Crippen LogP) is 5.34. The van der Waals surface area contributed by atoms with Crippen LogP contribution in [-0.4, -0.2) is 48.7 Å². The lowest BCUT2D eigenvalue weighted by Crippen LogP contribution is -2.34. The molecule has 0 bridgehead atoms. The summed E-state index contributed by atoms with van der Waals surface area (Å²) >= 11 is 9.19. The second-order valence-corrected chi connectivity index (χ2v) is 9.41. The molecule has 0 fully saturated rings. The van der Waals surface area contributed by atoms with Gasteiger partial charge in [0, 0.05) is 16.5 Å². The topological polar surface area (TPSA) is 36.4 Å². The number of benzene rings is 2. The van der Waals surface area contributed by atoms with Crippen LogP contribution in [0.1, 0.15) is 12.0 Å². The molecule has 0 aliphatic carbocycles. The fraction of sp³-hybridized carbons (Fsp3) is 0.333. The largest absolute Gasteiger partial charge is 0.309 e. The third kappa shape index (κ3) is 5.70. The lowest BCUT2D eigenvalue weighted by atomic mass is 10.2. The molecule has 0 radical (unpaired) electrons. The third-order valence-corrected chi connectivity index (χ3v) is 6.51. The summed E-state index contributed by atoms with van der Waals surface area (Å²) in [6.45, 7) is 3.64. The molecule has 3 rings (SSSR count). The van der Waals surface area contributed by atoms with E-state index in [0.29, 0.717) is 17.3 Å². The molecule has 148 valence electrons.